The topological polar surface area (TPSA) is 132 Å². The minimum absolute atomic E-state index is 0.0152. The molecule has 4 N–H and O–H groups in total. The van der Waals surface area contributed by atoms with Crippen LogP contribution in [0.1, 0.15) is 65.7 Å². The Labute approximate surface area is 202 Å². The van der Waals surface area contributed by atoms with Gasteiger partial charge in [0.15, 0.2) is 5.76 Å². The zero-order valence-corrected chi connectivity index (χ0v) is 20.4. The molecule has 7 nitrogen and oxygen atoms in total. The van der Waals surface area contributed by atoms with Crippen molar-refractivity contribution in [3.8, 4) is 0 Å². The fourth-order valence-electron chi connectivity index (χ4n) is 8.38. The van der Waals surface area contributed by atoms with Gasteiger partial charge in [-0.3, -0.25) is 14.4 Å². The maximum atomic E-state index is 15.6. The lowest BCUT2D eigenvalue weighted by Gasteiger charge is -2.63. The van der Waals surface area contributed by atoms with Crippen LogP contribution < -0.4 is 0 Å². The van der Waals surface area contributed by atoms with Crippen molar-refractivity contribution in [2.75, 3.05) is 0 Å². The Balaban J connectivity index is 1.82. The number of aliphatic carboxylic acids is 2. The van der Waals surface area contributed by atoms with Gasteiger partial charge in [0.25, 0.3) is 0 Å². The molecule has 4 rings (SSSR count). The fraction of sp³-hybridized carbons (Fsp3) is 0.720. The predicted molar refractivity (Wildman–Crippen MR) is 121 cm³/mol. The van der Waals surface area contributed by atoms with Gasteiger partial charge >= 0.3 is 11.9 Å². The van der Waals surface area contributed by atoms with Gasteiger partial charge in [-0.1, -0.05) is 13.8 Å². The Hall–Kier alpha value is -2.09. The van der Waals surface area contributed by atoms with Crippen molar-refractivity contribution < 1.29 is 39.2 Å². The van der Waals surface area contributed by atoms with Crippen molar-refractivity contribution in [3.05, 3.63) is 23.2 Å². The van der Waals surface area contributed by atoms with Crippen molar-refractivity contribution in [2.45, 2.75) is 76.8 Å². The Morgan fingerprint density at radius 2 is 1.76 bits per heavy atom. The molecule has 8 atom stereocenters. The smallest absolute Gasteiger partial charge is 0.303 e. The maximum Gasteiger partial charge on any atom is 0.303 e. The Bertz CT molecular complexity index is 1020. The first-order valence-electron chi connectivity index (χ1n) is 11.8. The standard InChI is InChI=1S/C25H32ClFO7/c1-12-8-13-14-9-16(27)15-10-17(28)20(33)21(34)23(15,3)25(14,26)7-6-22(13,2)24(12,11-19(31)32)5-4-18(29)30/h10,12-14,16,28,33H,4-9,11H2,1-3H3,(H,29,30)(H,31,32)/t12-,13+,14+,16+,22+,23-,24+,25-/m1/s1. The molecule has 0 aromatic heterocycles. The Kier molecular flexibility index (Phi) is 5.67. The van der Waals surface area contributed by atoms with Gasteiger partial charge in [0, 0.05) is 6.42 Å². The van der Waals surface area contributed by atoms with Gasteiger partial charge in [-0.25, -0.2) is 4.39 Å². The highest BCUT2D eigenvalue weighted by Gasteiger charge is 2.73. The molecule has 0 spiro atoms. The van der Waals surface area contributed by atoms with Gasteiger partial charge in [0.2, 0.25) is 11.5 Å². The van der Waals surface area contributed by atoms with Gasteiger partial charge in [-0.05, 0) is 79.3 Å². The van der Waals surface area contributed by atoms with Gasteiger partial charge in [0.05, 0.1) is 16.7 Å². The highest BCUT2D eigenvalue weighted by atomic mass is 35.5. The molecule has 0 amide bonds. The zero-order valence-electron chi connectivity index (χ0n) is 19.6. The molecule has 0 heterocycles. The molecule has 9 heteroatoms. The summed E-state index contributed by atoms with van der Waals surface area (Å²) < 4.78 is 15.6. The van der Waals surface area contributed by atoms with Crippen LogP contribution in [0.4, 0.5) is 4.39 Å². The molecule has 3 fully saturated rings. The van der Waals surface area contributed by atoms with Gasteiger partial charge in [0.1, 0.15) is 6.17 Å². The molecule has 34 heavy (non-hydrogen) atoms. The minimum atomic E-state index is -1.56. The third kappa shape index (κ3) is 2.96. The highest BCUT2D eigenvalue weighted by molar-refractivity contribution is 6.28. The summed E-state index contributed by atoms with van der Waals surface area (Å²) >= 11 is 7.31. The number of rotatable bonds is 5. The number of Topliss-reactive ketones (excluding diaryl/α,β-unsaturated/α-hetero) is 1. The number of aliphatic hydroxyl groups excluding tert-OH is 2. The van der Waals surface area contributed by atoms with E-state index in [0.29, 0.717) is 12.8 Å². The van der Waals surface area contributed by atoms with Crippen LogP contribution in [0.2, 0.25) is 0 Å². The van der Waals surface area contributed by atoms with Crippen LogP contribution >= 0.6 is 11.6 Å². The summed E-state index contributed by atoms with van der Waals surface area (Å²) in [6.07, 6.45) is 0.681. The summed E-state index contributed by atoms with van der Waals surface area (Å²) in [5.41, 5.74) is -2.91. The van der Waals surface area contributed by atoms with Crippen molar-refractivity contribution in [2.24, 2.45) is 34.0 Å². The van der Waals surface area contributed by atoms with Gasteiger partial charge in [-0.2, -0.15) is 0 Å². The quantitative estimate of drug-likeness (QED) is 0.394. The molecule has 4 aliphatic carbocycles. The first-order chi connectivity index (χ1) is 15.7. The second-order valence-electron chi connectivity index (χ2n) is 11.2. The van der Waals surface area contributed by atoms with E-state index in [1.165, 1.54) is 6.92 Å². The van der Waals surface area contributed by atoms with Crippen LogP contribution in [0.15, 0.2) is 23.2 Å². The summed E-state index contributed by atoms with van der Waals surface area (Å²) in [6, 6.07) is 0. The molecule has 0 aromatic carbocycles. The summed E-state index contributed by atoms with van der Waals surface area (Å²) in [6.45, 7) is 5.45. The van der Waals surface area contributed by atoms with E-state index in [-0.39, 0.29) is 49.5 Å². The lowest BCUT2D eigenvalue weighted by molar-refractivity contribution is -0.151. The van der Waals surface area contributed by atoms with E-state index in [2.05, 4.69) is 0 Å². The van der Waals surface area contributed by atoms with Crippen LogP contribution in [0.25, 0.3) is 0 Å². The number of allylic oxidation sites excluding steroid dienone is 3. The van der Waals surface area contributed by atoms with E-state index in [9.17, 15) is 34.8 Å². The Morgan fingerprint density at radius 1 is 1.12 bits per heavy atom. The number of ketones is 1. The monoisotopic (exact) mass is 498 g/mol. The molecule has 0 bridgehead atoms. The average molecular weight is 499 g/mol. The summed E-state index contributed by atoms with van der Waals surface area (Å²) in [5.74, 6) is -5.15. The number of carbonyl (C=O) groups is 3. The molecular formula is C25H32ClFO7. The molecule has 0 saturated heterocycles. The maximum absolute atomic E-state index is 15.6. The third-order valence-corrected chi connectivity index (χ3v) is 11.1. The lowest BCUT2D eigenvalue weighted by Crippen LogP contribution is -2.65. The largest absolute Gasteiger partial charge is 0.504 e. The second kappa shape index (κ2) is 7.70. The molecule has 3 saturated carbocycles. The number of fused-ring (bicyclic) bond motifs is 5. The molecule has 0 radical (unpaired) electrons. The molecule has 0 aromatic rings. The molecule has 4 aliphatic rings. The van der Waals surface area contributed by atoms with Crippen molar-refractivity contribution in [1.82, 2.24) is 0 Å². The SMILES string of the molecule is C[C@@H]1C[C@H]2[C@@H]3C[C@H](F)C4=CC(O)=C(O)C(=O)[C@]4(C)[C@@]3(Cl)CC[C@]2(C)[C@@]1(CCC(=O)O)CC(=O)O. The zero-order chi connectivity index (χ0) is 25.4. The summed E-state index contributed by atoms with van der Waals surface area (Å²) in [4.78, 5) is 35.5. The van der Waals surface area contributed by atoms with Crippen LogP contribution in [-0.4, -0.2) is 49.2 Å². The number of alkyl halides is 2. The predicted octanol–water partition coefficient (Wildman–Crippen LogP) is 4.95. The number of hydrogen-bond donors (Lipinski definition) is 4. The van der Waals surface area contributed by atoms with E-state index >= 15 is 4.39 Å². The summed E-state index contributed by atoms with van der Waals surface area (Å²) in [7, 11) is 0. The first kappa shape index (κ1) is 25.0. The van der Waals surface area contributed by atoms with Gasteiger partial charge < -0.3 is 20.4 Å². The Morgan fingerprint density at radius 3 is 2.35 bits per heavy atom. The number of halogens is 2. The fourth-order valence-corrected chi connectivity index (χ4v) is 8.91. The van der Waals surface area contributed by atoms with Crippen LogP contribution in [-0.2, 0) is 14.4 Å². The average Bonchev–Trinajstić information content (AvgIpc) is 2.96. The van der Waals surface area contributed by atoms with Gasteiger partial charge in [-0.15, -0.1) is 11.6 Å². The van der Waals surface area contributed by atoms with E-state index in [0.717, 1.165) is 6.08 Å². The normalized spacial score (nSPS) is 45.8. The number of carboxylic acids is 2. The molecule has 0 aliphatic heterocycles. The van der Waals surface area contributed by atoms with E-state index in [1.54, 1.807) is 0 Å². The van der Waals surface area contributed by atoms with Crippen molar-refractivity contribution in [3.63, 3.8) is 0 Å². The minimum Gasteiger partial charge on any atom is -0.504 e. The third-order valence-electron chi connectivity index (χ3n) is 10.3. The molecule has 0 unspecified atom stereocenters. The number of hydrogen-bond acceptors (Lipinski definition) is 5. The van der Waals surface area contributed by atoms with E-state index < -0.39 is 62.4 Å². The highest BCUT2D eigenvalue weighted by Crippen LogP contribution is 2.75. The molecular weight excluding hydrogens is 467 g/mol. The van der Waals surface area contributed by atoms with Crippen LogP contribution in [0, 0.1) is 34.0 Å². The number of aliphatic hydroxyl groups is 2. The van der Waals surface area contributed by atoms with Crippen LogP contribution in [0.5, 0.6) is 0 Å². The summed E-state index contributed by atoms with van der Waals surface area (Å²) in [5, 5.41) is 39.4. The number of carboxylic acid groups (broad SMARTS) is 2. The van der Waals surface area contributed by atoms with Crippen molar-refractivity contribution >= 4 is 29.3 Å². The lowest BCUT2D eigenvalue weighted by atomic mass is 9.43. The molecule has 188 valence electrons. The number of carbonyl (C=O) groups excluding carboxylic acids is 1. The van der Waals surface area contributed by atoms with E-state index in [1.807, 2.05) is 13.8 Å². The van der Waals surface area contributed by atoms with E-state index in [4.69, 9.17) is 11.6 Å². The first-order valence-corrected chi connectivity index (χ1v) is 12.2. The van der Waals surface area contributed by atoms with Crippen LogP contribution in [0.3, 0.4) is 0 Å². The van der Waals surface area contributed by atoms with Crippen molar-refractivity contribution in [1.29, 1.82) is 0 Å². The second-order valence-corrected chi connectivity index (χ2v) is 11.9.